The Morgan fingerprint density at radius 3 is 2.00 bits per heavy atom. The minimum Gasteiger partial charge on any atom is -0.285 e. The van der Waals surface area contributed by atoms with Crippen molar-refractivity contribution in [2.45, 2.75) is 0 Å². The van der Waals surface area contributed by atoms with E-state index >= 15 is 0 Å². The Bertz CT molecular complexity index is 711. The van der Waals surface area contributed by atoms with Gasteiger partial charge >= 0.3 is 0 Å². The molecule has 0 saturated heterocycles. The molecular weight excluding hydrogens is 264 g/mol. The van der Waals surface area contributed by atoms with Crippen molar-refractivity contribution in [1.82, 2.24) is 9.55 Å². The van der Waals surface area contributed by atoms with E-state index in [2.05, 4.69) is 4.98 Å². The molecule has 0 aliphatic heterocycles. The molecule has 4 heteroatoms. The number of carbonyl (C=O) groups is 2. The van der Waals surface area contributed by atoms with Gasteiger partial charge in [-0.25, -0.2) is 4.98 Å². The Morgan fingerprint density at radius 1 is 0.810 bits per heavy atom. The highest BCUT2D eigenvalue weighted by molar-refractivity contribution is 6.10. The summed E-state index contributed by atoms with van der Waals surface area (Å²) in [5.74, 6) is -0.424. The molecule has 3 aromatic rings. The van der Waals surface area contributed by atoms with Crippen LogP contribution in [-0.4, -0.2) is 21.2 Å². The summed E-state index contributed by atoms with van der Waals surface area (Å²) in [4.78, 5) is 28.9. The van der Waals surface area contributed by atoms with Gasteiger partial charge in [-0.05, 0) is 12.1 Å². The topological polar surface area (TPSA) is 52.0 Å². The van der Waals surface area contributed by atoms with Gasteiger partial charge in [0.1, 0.15) is 0 Å². The zero-order valence-corrected chi connectivity index (χ0v) is 11.1. The molecule has 0 aliphatic rings. The first-order valence-electron chi connectivity index (χ1n) is 6.50. The average molecular weight is 276 g/mol. The van der Waals surface area contributed by atoms with Crippen LogP contribution in [0.5, 0.6) is 0 Å². The zero-order chi connectivity index (χ0) is 14.7. The normalized spacial score (nSPS) is 10.3. The highest BCUT2D eigenvalue weighted by atomic mass is 16.2. The van der Waals surface area contributed by atoms with E-state index in [0.717, 1.165) is 0 Å². The smallest absolute Gasteiger partial charge is 0.263 e. The first-order valence-corrected chi connectivity index (χ1v) is 6.50. The number of aromatic nitrogens is 2. The maximum absolute atomic E-state index is 12.4. The summed E-state index contributed by atoms with van der Waals surface area (Å²) in [6.07, 6.45) is 2.96. The van der Waals surface area contributed by atoms with Crippen LogP contribution in [0.3, 0.4) is 0 Å². The van der Waals surface area contributed by atoms with Crippen LogP contribution in [0.15, 0.2) is 73.1 Å². The van der Waals surface area contributed by atoms with E-state index in [0.29, 0.717) is 11.1 Å². The maximum Gasteiger partial charge on any atom is 0.263 e. The van der Waals surface area contributed by atoms with Gasteiger partial charge in [-0.1, -0.05) is 48.5 Å². The van der Waals surface area contributed by atoms with Gasteiger partial charge in [0.15, 0.2) is 5.82 Å². The molecule has 0 N–H and O–H groups in total. The zero-order valence-electron chi connectivity index (χ0n) is 11.1. The number of rotatable bonds is 3. The Hall–Kier alpha value is -3.01. The van der Waals surface area contributed by atoms with Crippen molar-refractivity contribution in [2.75, 3.05) is 0 Å². The molecule has 102 valence electrons. The first kappa shape index (κ1) is 13.0. The van der Waals surface area contributed by atoms with Crippen LogP contribution in [0, 0.1) is 0 Å². The largest absolute Gasteiger partial charge is 0.285 e. The third kappa shape index (κ3) is 2.51. The second-order valence-electron chi connectivity index (χ2n) is 4.49. The van der Waals surface area contributed by atoms with E-state index in [4.69, 9.17) is 0 Å². The number of benzene rings is 2. The molecule has 0 unspecified atom stereocenters. The number of ketones is 1. The molecular formula is C17H12N2O2. The second kappa shape index (κ2) is 5.54. The van der Waals surface area contributed by atoms with Crippen LogP contribution in [-0.2, 0) is 0 Å². The van der Waals surface area contributed by atoms with Crippen molar-refractivity contribution >= 4 is 11.7 Å². The molecule has 0 radical (unpaired) electrons. The van der Waals surface area contributed by atoms with Gasteiger partial charge < -0.3 is 0 Å². The van der Waals surface area contributed by atoms with Gasteiger partial charge in [-0.3, -0.25) is 14.2 Å². The van der Waals surface area contributed by atoms with Crippen LogP contribution in [0.25, 0.3) is 0 Å². The summed E-state index contributed by atoms with van der Waals surface area (Å²) in [6.45, 7) is 0. The van der Waals surface area contributed by atoms with E-state index in [1.807, 2.05) is 12.1 Å². The molecule has 0 fully saturated rings. The van der Waals surface area contributed by atoms with Crippen LogP contribution in [0.4, 0.5) is 0 Å². The van der Waals surface area contributed by atoms with Gasteiger partial charge in [-0.2, -0.15) is 0 Å². The van der Waals surface area contributed by atoms with E-state index in [1.165, 1.54) is 17.0 Å². The molecule has 1 aromatic heterocycles. The predicted molar refractivity (Wildman–Crippen MR) is 78.3 cm³/mol. The molecule has 1 heterocycles. The molecule has 0 spiro atoms. The Labute approximate surface area is 121 Å². The standard InChI is InChI=1S/C17H12N2O2/c20-15(13-7-3-1-4-8-13)16-18-11-12-19(16)17(21)14-9-5-2-6-10-14/h1-12H. The first-order chi connectivity index (χ1) is 10.3. The van der Waals surface area contributed by atoms with Gasteiger partial charge in [-0.15, -0.1) is 0 Å². The molecule has 3 rings (SSSR count). The van der Waals surface area contributed by atoms with Gasteiger partial charge in [0, 0.05) is 23.5 Å². The third-order valence-electron chi connectivity index (χ3n) is 3.12. The maximum atomic E-state index is 12.4. The summed E-state index contributed by atoms with van der Waals surface area (Å²) >= 11 is 0. The van der Waals surface area contributed by atoms with Gasteiger partial charge in [0.05, 0.1) is 0 Å². The summed E-state index contributed by atoms with van der Waals surface area (Å²) in [5, 5.41) is 0. The molecule has 21 heavy (non-hydrogen) atoms. The van der Waals surface area contributed by atoms with E-state index in [1.54, 1.807) is 48.5 Å². The SMILES string of the molecule is O=C(c1ccccc1)c1nccn1C(=O)c1ccccc1. The van der Waals surface area contributed by atoms with Crippen LogP contribution in [0.1, 0.15) is 26.5 Å². The lowest BCUT2D eigenvalue weighted by atomic mass is 10.1. The second-order valence-corrected chi connectivity index (χ2v) is 4.49. The molecule has 0 amide bonds. The Balaban J connectivity index is 1.99. The van der Waals surface area contributed by atoms with E-state index in [9.17, 15) is 9.59 Å². The lowest BCUT2D eigenvalue weighted by molar-refractivity contribution is 0.0931. The number of imidazole rings is 1. The quantitative estimate of drug-likeness (QED) is 0.691. The van der Waals surface area contributed by atoms with Crippen molar-refractivity contribution in [1.29, 1.82) is 0 Å². The lowest BCUT2D eigenvalue weighted by Crippen LogP contribution is -2.18. The molecule has 0 aliphatic carbocycles. The summed E-state index contributed by atoms with van der Waals surface area (Å²) in [5.41, 5.74) is 1.02. The van der Waals surface area contributed by atoms with Gasteiger partial charge in [0.2, 0.25) is 5.78 Å². The molecule has 2 aromatic carbocycles. The highest BCUT2D eigenvalue weighted by Gasteiger charge is 2.19. The van der Waals surface area contributed by atoms with Crippen molar-refractivity contribution in [3.05, 3.63) is 90.0 Å². The molecule has 4 nitrogen and oxygen atoms in total. The molecule has 0 atom stereocenters. The van der Waals surface area contributed by atoms with Crippen LogP contribution >= 0.6 is 0 Å². The average Bonchev–Trinajstić information content (AvgIpc) is 3.04. The number of hydrogen-bond donors (Lipinski definition) is 0. The summed E-state index contributed by atoms with van der Waals surface area (Å²) in [7, 11) is 0. The van der Waals surface area contributed by atoms with Crippen molar-refractivity contribution in [2.24, 2.45) is 0 Å². The third-order valence-corrected chi connectivity index (χ3v) is 3.12. The molecule has 0 saturated carbocycles. The summed E-state index contributed by atoms with van der Waals surface area (Å²) < 4.78 is 1.28. The van der Waals surface area contributed by atoms with Crippen LogP contribution < -0.4 is 0 Å². The van der Waals surface area contributed by atoms with Crippen molar-refractivity contribution < 1.29 is 9.59 Å². The minimum absolute atomic E-state index is 0.120. The fraction of sp³-hybridized carbons (Fsp3) is 0. The predicted octanol–water partition coefficient (Wildman–Crippen LogP) is 2.80. The number of hydrogen-bond acceptors (Lipinski definition) is 3. The number of carbonyl (C=O) groups excluding carboxylic acids is 2. The van der Waals surface area contributed by atoms with Gasteiger partial charge in [0.25, 0.3) is 5.91 Å². The Morgan fingerprint density at radius 2 is 1.38 bits per heavy atom. The van der Waals surface area contributed by atoms with E-state index in [-0.39, 0.29) is 17.5 Å². The van der Waals surface area contributed by atoms with Crippen molar-refractivity contribution in [3.63, 3.8) is 0 Å². The van der Waals surface area contributed by atoms with Crippen LogP contribution in [0.2, 0.25) is 0 Å². The van der Waals surface area contributed by atoms with E-state index < -0.39 is 0 Å². The fourth-order valence-electron chi connectivity index (χ4n) is 2.07. The highest BCUT2D eigenvalue weighted by Crippen LogP contribution is 2.11. The summed E-state index contributed by atoms with van der Waals surface area (Å²) in [6, 6.07) is 17.6. The minimum atomic E-state index is -0.273. The number of nitrogens with zero attached hydrogens (tertiary/aromatic N) is 2. The molecule has 0 bridgehead atoms. The van der Waals surface area contributed by atoms with Crippen molar-refractivity contribution in [3.8, 4) is 0 Å². The lowest BCUT2D eigenvalue weighted by Gasteiger charge is -2.06. The monoisotopic (exact) mass is 276 g/mol. The Kier molecular flexibility index (Phi) is 3.43. The fourth-order valence-corrected chi connectivity index (χ4v) is 2.07.